The van der Waals surface area contributed by atoms with Gasteiger partial charge in [0, 0.05) is 18.1 Å². The Morgan fingerprint density at radius 3 is 2.15 bits per heavy atom. The standard InChI is InChI=1S/C18H22N2O6/c1-10(2)16-6-5-11(3)12(4)17(16)26-18(21)13-7-14(19(22)23)9-15(8-13)20(24)25/h7-11,16-17H,4-6H2,1-3H3/t11-,16-,17-/m1/s1. The fraction of sp³-hybridized carbons (Fsp3) is 0.500. The van der Waals surface area contributed by atoms with Gasteiger partial charge in [0.2, 0.25) is 0 Å². The van der Waals surface area contributed by atoms with E-state index < -0.39 is 33.3 Å². The van der Waals surface area contributed by atoms with Crippen LogP contribution in [0.4, 0.5) is 11.4 Å². The second-order valence-corrected chi connectivity index (χ2v) is 7.04. The van der Waals surface area contributed by atoms with Crippen molar-refractivity contribution in [3.63, 3.8) is 0 Å². The molecule has 26 heavy (non-hydrogen) atoms. The number of carbonyl (C=O) groups excluding carboxylic acids is 1. The molecule has 0 bridgehead atoms. The number of nitro benzene ring substituents is 2. The van der Waals surface area contributed by atoms with Crippen LogP contribution >= 0.6 is 0 Å². The molecule has 1 aliphatic rings. The number of rotatable bonds is 5. The summed E-state index contributed by atoms with van der Waals surface area (Å²) in [6.45, 7) is 10.1. The molecule has 1 aliphatic carbocycles. The van der Waals surface area contributed by atoms with Crippen LogP contribution in [0.25, 0.3) is 0 Å². The molecule has 2 rings (SSSR count). The van der Waals surface area contributed by atoms with Gasteiger partial charge in [0.15, 0.2) is 0 Å². The van der Waals surface area contributed by atoms with Gasteiger partial charge in [-0.25, -0.2) is 4.79 Å². The number of esters is 1. The Morgan fingerprint density at radius 2 is 1.69 bits per heavy atom. The van der Waals surface area contributed by atoms with Crippen molar-refractivity contribution in [1.82, 2.24) is 0 Å². The van der Waals surface area contributed by atoms with E-state index in [0.717, 1.165) is 36.6 Å². The normalized spacial score (nSPS) is 22.9. The molecule has 0 unspecified atom stereocenters. The lowest BCUT2D eigenvalue weighted by molar-refractivity contribution is -0.394. The number of ether oxygens (including phenoxy) is 1. The van der Waals surface area contributed by atoms with E-state index in [4.69, 9.17) is 4.74 Å². The minimum atomic E-state index is -0.817. The maximum atomic E-state index is 12.6. The van der Waals surface area contributed by atoms with Gasteiger partial charge in [0.1, 0.15) is 6.10 Å². The smallest absolute Gasteiger partial charge is 0.339 e. The van der Waals surface area contributed by atoms with Gasteiger partial charge in [0.25, 0.3) is 11.4 Å². The molecule has 0 aliphatic heterocycles. The van der Waals surface area contributed by atoms with Crippen LogP contribution in [0, 0.1) is 38.0 Å². The Balaban J connectivity index is 2.34. The second-order valence-electron chi connectivity index (χ2n) is 7.04. The highest BCUT2D eigenvalue weighted by atomic mass is 16.6. The summed E-state index contributed by atoms with van der Waals surface area (Å²) in [6, 6.07) is 2.80. The van der Waals surface area contributed by atoms with Crippen LogP contribution in [0.5, 0.6) is 0 Å². The maximum Gasteiger partial charge on any atom is 0.339 e. The molecule has 0 saturated heterocycles. The molecule has 0 radical (unpaired) electrons. The zero-order valence-corrected chi connectivity index (χ0v) is 15.0. The van der Waals surface area contributed by atoms with Crippen molar-refractivity contribution in [1.29, 1.82) is 0 Å². The van der Waals surface area contributed by atoms with E-state index in [-0.39, 0.29) is 23.3 Å². The monoisotopic (exact) mass is 362 g/mol. The minimum absolute atomic E-state index is 0.0938. The zero-order chi connectivity index (χ0) is 19.6. The highest BCUT2D eigenvalue weighted by molar-refractivity contribution is 5.91. The van der Waals surface area contributed by atoms with Gasteiger partial charge in [-0.05, 0) is 30.3 Å². The number of hydrogen-bond donors (Lipinski definition) is 0. The molecule has 1 aromatic rings. The van der Waals surface area contributed by atoms with E-state index in [1.54, 1.807) is 0 Å². The number of non-ortho nitro benzene ring substituents is 2. The molecule has 0 amide bonds. The molecule has 0 heterocycles. The van der Waals surface area contributed by atoms with Crippen LogP contribution in [-0.4, -0.2) is 21.9 Å². The summed E-state index contributed by atoms with van der Waals surface area (Å²) in [7, 11) is 0. The molecule has 8 nitrogen and oxygen atoms in total. The fourth-order valence-corrected chi connectivity index (χ4v) is 3.29. The van der Waals surface area contributed by atoms with Gasteiger partial charge in [0.05, 0.1) is 21.5 Å². The second kappa shape index (κ2) is 7.63. The highest BCUT2D eigenvalue weighted by Crippen LogP contribution is 2.38. The maximum absolute atomic E-state index is 12.6. The molecule has 1 saturated carbocycles. The third-order valence-electron chi connectivity index (χ3n) is 4.97. The minimum Gasteiger partial charge on any atom is -0.454 e. The first-order valence-corrected chi connectivity index (χ1v) is 8.45. The summed E-state index contributed by atoms with van der Waals surface area (Å²) < 4.78 is 5.62. The van der Waals surface area contributed by atoms with Crippen molar-refractivity contribution in [2.75, 3.05) is 0 Å². The van der Waals surface area contributed by atoms with E-state index in [1.807, 2.05) is 20.8 Å². The number of benzene rings is 1. The predicted molar refractivity (Wildman–Crippen MR) is 94.8 cm³/mol. The number of nitrogens with zero attached hydrogens (tertiary/aromatic N) is 2. The van der Waals surface area contributed by atoms with Crippen molar-refractivity contribution >= 4 is 17.3 Å². The largest absolute Gasteiger partial charge is 0.454 e. The molecule has 3 atom stereocenters. The first-order chi connectivity index (χ1) is 12.1. The van der Waals surface area contributed by atoms with Crippen LogP contribution in [0.1, 0.15) is 44.0 Å². The molecular weight excluding hydrogens is 340 g/mol. The molecule has 8 heteroatoms. The van der Waals surface area contributed by atoms with Gasteiger partial charge >= 0.3 is 5.97 Å². The SMILES string of the molecule is C=C1[C@H](C)CC[C@H](C(C)C)[C@@H]1OC(=O)c1cc([N+](=O)[O-])cc([N+](=O)[O-])c1. The molecule has 0 N–H and O–H groups in total. The Labute approximate surface area is 151 Å². The summed E-state index contributed by atoms with van der Waals surface area (Å²) in [6.07, 6.45) is 1.33. The van der Waals surface area contributed by atoms with Gasteiger partial charge in [-0.1, -0.05) is 27.4 Å². The van der Waals surface area contributed by atoms with Crippen molar-refractivity contribution in [3.8, 4) is 0 Å². The van der Waals surface area contributed by atoms with Gasteiger partial charge < -0.3 is 4.74 Å². The van der Waals surface area contributed by atoms with Crippen molar-refractivity contribution in [2.45, 2.75) is 39.7 Å². The fourth-order valence-electron chi connectivity index (χ4n) is 3.29. The van der Waals surface area contributed by atoms with Crippen LogP contribution in [-0.2, 0) is 4.74 Å². The van der Waals surface area contributed by atoms with E-state index in [2.05, 4.69) is 6.58 Å². The van der Waals surface area contributed by atoms with E-state index in [0.29, 0.717) is 0 Å². The third kappa shape index (κ3) is 4.07. The van der Waals surface area contributed by atoms with E-state index in [9.17, 15) is 25.0 Å². The Hall–Kier alpha value is -2.77. The number of hydrogen-bond acceptors (Lipinski definition) is 6. The summed E-state index contributed by atoms with van der Waals surface area (Å²) in [5, 5.41) is 22.0. The van der Waals surface area contributed by atoms with Gasteiger partial charge in [-0.2, -0.15) is 0 Å². The topological polar surface area (TPSA) is 113 Å². The van der Waals surface area contributed by atoms with Gasteiger partial charge in [-0.3, -0.25) is 20.2 Å². The Bertz CT molecular complexity index is 726. The first-order valence-electron chi connectivity index (χ1n) is 8.45. The quantitative estimate of drug-likeness (QED) is 0.334. The third-order valence-corrected chi connectivity index (χ3v) is 4.97. The lowest BCUT2D eigenvalue weighted by Crippen LogP contribution is -2.37. The van der Waals surface area contributed by atoms with Crippen LogP contribution < -0.4 is 0 Å². The summed E-state index contributed by atoms with van der Waals surface area (Å²) in [5.74, 6) is -0.266. The molecule has 0 aromatic heterocycles. The average Bonchev–Trinajstić information content (AvgIpc) is 2.58. The molecule has 1 aromatic carbocycles. The summed E-state index contributed by atoms with van der Waals surface area (Å²) in [4.78, 5) is 33.0. The van der Waals surface area contributed by atoms with Gasteiger partial charge in [-0.15, -0.1) is 0 Å². The molecule has 1 fully saturated rings. The number of carbonyl (C=O) groups is 1. The van der Waals surface area contributed by atoms with Crippen LogP contribution in [0.3, 0.4) is 0 Å². The summed E-state index contributed by atoms with van der Waals surface area (Å²) in [5.41, 5.74) is -0.451. The average molecular weight is 362 g/mol. The highest BCUT2D eigenvalue weighted by Gasteiger charge is 2.36. The lowest BCUT2D eigenvalue weighted by Gasteiger charge is -2.38. The number of nitro groups is 2. The van der Waals surface area contributed by atoms with Crippen LogP contribution in [0.15, 0.2) is 30.4 Å². The molecular formula is C18H22N2O6. The Morgan fingerprint density at radius 1 is 1.15 bits per heavy atom. The van der Waals surface area contributed by atoms with Crippen LogP contribution in [0.2, 0.25) is 0 Å². The molecule has 0 spiro atoms. The summed E-state index contributed by atoms with van der Waals surface area (Å²) >= 11 is 0. The van der Waals surface area contributed by atoms with Crippen molar-refractivity contribution in [3.05, 3.63) is 56.1 Å². The van der Waals surface area contributed by atoms with E-state index >= 15 is 0 Å². The predicted octanol–water partition coefficient (Wildman–Crippen LogP) is 4.29. The molecule has 140 valence electrons. The Kier molecular flexibility index (Phi) is 5.74. The zero-order valence-electron chi connectivity index (χ0n) is 15.0. The van der Waals surface area contributed by atoms with Crippen molar-refractivity contribution < 1.29 is 19.4 Å². The van der Waals surface area contributed by atoms with Crippen molar-refractivity contribution in [2.24, 2.45) is 17.8 Å². The first kappa shape index (κ1) is 19.6. The van der Waals surface area contributed by atoms with E-state index in [1.165, 1.54) is 0 Å². The lowest BCUT2D eigenvalue weighted by atomic mass is 9.73.